The first kappa shape index (κ1) is 25.6. The number of nitrogens with zero attached hydrogens (tertiary/aromatic N) is 2. The summed E-state index contributed by atoms with van der Waals surface area (Å²) in [7, 11) is 2.99. The number of aromatic nitrogens is 2. The zero-order valence-electron chi connectivity index (χ0n) is 20.7. The number of halogens is 3. The third kappa shape index (κ3) is 5.18. The second kappa shape index (κ2) is 10.6. The van der Waals surface area contributed by atoms with E-state index < -0.39 is 11.7 Å². The fourth-order valence-electron chi connectivity index (χ4n) is 4.23. The smallest absolute Gasteiger partial charge is 0.418 e. The van der Waals surface area contributed by atoms with Crippen LogP contribution in [0.2, 0.25) is 0 Å². The largest absolute Gasteiger partial charge is 0.494 e. The van der Waals surface area contributed by atoms with Crippen molar-refractivity contribution in [1.82, 2.24) is 9.55 Å². The third-order valence-corrected chi connectivity index (χ3v) is 6.06. The molecule has 1 aromatic heterocycles. The molecule has 0 spiro atoms. The molecular weight excluding hydrogens is 469 g/mol. The van der Waals surface area contributed by atoms with Crippen molar-refractivity contribution in [1.29, 1.82) is 0 Å². The molecule has 0 aliphatic rings. The Morgan fingerprint density at radius 2 is 1.67 bits per heavy atom. The summed E-state index contributed by atoms with van der Waals surface area (Å²) in [5, 5.41) is 0. The first-order chi connectivity index (χ1) is 17.2. The summed E-state index contributed by atoms with van der Waals surface area (Å²) in [4.78, 5) is 4.55. The first-order valence-electron chi connectivity index (χ1n) is 11.7. The van der Waals surface area contributed by atoms with Crippen LogP contribution in [0.3, 0.4) is 0 Å². The summed E-state index contributed by atoms with van der Waals surface area (Å²) in [6.45, 7) is 4.49. The van der Waals surface area contributed by atoms with Gasteiger partial charge < -0.3 is 18.8 Å². The van der Waals surface area contributed by atoms with Crippen molar-refractivity contribution in [2.75, 3.05) is 20.8 Å². The Labute approximate surface area is 208 Å². The van der Waals surface area contributed by atoms with Crippen LogP contribution in [0.5, 0.6) is 11.5 Å². The fraction of sp³-hybridized carbons (Fsp3) is 0.321. The normalized spacial score (nSPS) is 11.9. The summed E-state index contributed by atoms with van der Waals surface area (Å²) in [5.41, 5.74) is 1.07. The predicted molar refractivity (Wildman–Crippen MR) is 133 cm³/mol. The molecule has 8 heteroatoms. The fourth-order valence-corrected chi connectivity index (χ4v) is 4.23. The maximum atomic E-state index is 14.5. The topological polar surface area (TPSA) is 45.5 Å². The highest BCUT2D eigenvalue weighted by atomic mass is 19.4. The number of para-hydroxylation sites is 1. The molecule has 0 unspecified atom stereocenters. The van der Waals surface area contributed by atoms with Crippen LogP contribution in [0.15, 0.2) is 60.7 Å². The highest BCUT2D eigenvalue weighted by Gasteiger charge is 2.39. The van der Waals surface area contributed by atoms with E-state index in [0.717, 1.165) is 5.56 Å². The van der Waals surface area contributed by atoms with Gasteiger partial charge in [-0.2, -0.15) is 13.2 Å². The highest BCUT2D eigenvalue weighted by Crippen LogP contribution is 2.43. The van der Waals surface area contributed by atoms with E-state index >= 15 is 0 Å². The van der Waals surface area contributed by atoms with E-state index in [9.17, 15) is 13.2 Å². The van der Waals surface area contributed by atoms with E-state index in [1.807, 2.05) is 30.3 Å². The number of hydrogen-bond donors (Lipinski definition) is 0. The lowest BCUT2D eigenvalue weighted by atomic mass is 10.0. The molecule has 190 valence electrons. The van der Waals surface area contributed by atoms with Crippen LogP contribution in [0, 0.1) is 0 Å². The molecule has 0 aliphatic heterocycles. The van der Waals surface area contributed by atoms with Crippen molar-refractivity contribution in [3.05, 3.63) is 77.4 Å². The van der Waals surface area contributed by atoms with E-state index in [1.165, 1.54) is 13.2 Å². The second-order valence-electron chi connectivity index (χ2n) is 8.77. The van der Waals surface area contributed by atoms with Crippen LogP contribution in [0.1, 0.15) is 36.5 Å². The van der Waals surface area contributed by atoms with Gasteiger partial charge >= 0.3 is 6.18 Å². The molecule has 0 aliphatic carbocycles. The molecule has 1 heterocycles. The first-order valence-corrected chi connectivity index (χ1v) is 11.7. The molecule has 4 rings (SSSR count). The van der Waals surface area contributed by atoms with Crippen molar-refractivity contribution in [3.63, 3.8) is 0 Å². The summed E-state index contributed by atoms with van der Waals surface area (Å²) in [6, 6.07) is 17.8. The van der Waals surface area contributed by atoms with Gasteiger partial charge in [-0.3, -0.25) is 0 Å². The average Bonchev–Trinajstić information content (AvgIpc) is 3.24. The van der Waals surface area contributed by atoms with Gasteiger partial charge in [0.1, 0.15) is 35.0 Å². The number of hydrogen-bond acceptors (Lipinski definition) is 4. The molecule has 5 nitrogen and oxygen atoms in total. The number of methoxy groups -OCH3 is 2. The molecule has 4 aromatic rings. The monoisotopic (exact) mass is 498 g/mol. The maximum Gasteiger partial charge on any atom is 0.418 e. The molecular formula is C28H29F3N2O3. The quantitative estimate of drug-likeness (QED) is 0.247. The Morgan fingerprint density at radius 3 is 2.25 bits per heavy atom. The Kier molecular flexibility index (Phi) is 7.54. The lowest BCUT2D eigenvalue weighted by molar-refractivity contribution is -0.137. The molecule has 0 amide bonds. The van der Waals surface area contributed by atoms with E-state index in [1.54, 1.807) is 35.9 Å². The molecule has 36 heavy (non-hydrogen) atoms. The molecule has 0 radical (unpaired) electrons. The van der Waals surface area contributed by atoms with Gasteiger partial charge in [0.05, 0.1) is 19.3 Å². The number of rotatable bonds is 9. The number of imidazole rings is 1. The van der Waals surface area contributed by atoms with E-state index in [0.29, 0.717) is 42.0 Å². The number of fused-ring (bicyclic) bond motifs is 1. The summed E-state index contributed by atoms with van der Waals surface area (Å²) in [5.74, 6) is 1.51. The van der Waals surface area contributed by atoms with Crippen molar-refractivity contribution >= 4 is 11.0 Å². The lowest BCUT2D eigenvalue weighted by Gasteiger charge is -2.17. The molecule has 0 atom stereocenters. The predicted octanol–water partition coefficient (Wildman–Crippen LogP) is 7.08. The van der Waals surface area contributed by atoms with E-state index in [4.69, 9.17) is 14.2 Å². The van der Waals surface area contributed by atoms with Crippen LogP contribution in [-0.2, 0) is 24.1 Å². The van der Waals surface area contributed by atoms with Crippen LogP contribution in [0.4, 0.5) is 13.2 Å². The molecule has 0 saturated carbocycles. The van der Waals surface area contributed by atoms with Gasteiger partial charge in [-0.15, -0.1) is 0 Å². The second-order valence-corrected chi connectivity index (χ2v) is 8.77. The molecule has 0 saturated heterocycles. The minimum absolute atomic E-state index is 0.0474. The van der Waals surface area contributed by atoms with Gasteiger partial charge in [-0.25, -0.2) is 4.98 Å². The van der Waals surface area contributed by atoms with Crippen LogP contribution >= 0.6 is 0 Å². The Morgan fingerprint density at radius 1 is 0.972 bits per heavy atom. The highest BCUT2D eigenvalue weighted by molar-refractivity contribution is 5.90. The summed E-state index contributed by atoms with van der Waals surface area (Å²) in [6.07, 6.45) is -4.65. The van der Waals surface area contributed by atoms with E-state index in [2.05, 4.69) is 18.8 Å². The molecule has 0 fully saturated rings. The number of alkyl halides is 3. The SMILES string of the molecule is COCCn1c(-c2ccc(C(C)C)cc2)nc2c(C(F)(F)F)c(COc3ccccc3)cc(OC)c21. The van der Waals surface area contributed by atoms with Gasteiger partial charge in [0, 0.05) is 24.8 Å². The minimum atomic E-state index is -4.65. The summed E-state index contributed by atoms with van der Waals surface area (Å²) >= 11 is 0. The lowest BCUT2D eigenvalue weighted by Crippen LogP contribution is -2.13. The van der Waals surface area contributed by atoms with Crippen LogP contribution < -0.4 is 9.47 Å². The van der Waals surface area contributed by atoms with Gasteiger partial charge in [-0.1, -0.05) is 56.3 Å². The maximum absolute atomic E-state index is 14.5. The third-order valence-electron chi connectivity index (χ3n) is 6.06. The standard InChI is InChI=1S/C28H29F3N2O3/c1-18(2)19-10-12-20(13-11-19)27-32-25-24(28(29,30)31)21(17-36-22-8-6-5-7-9-22)16-23(35-4)26(25)33(27)14-15-34-3/h5-13,16,18H,14-15,17H2,1-4H3. The Bertz CT molecular complexity index is 1310. The van der Waals surface area contributed by atoms with Gasteiger partial charge in [0.25, 0.3) is 0 Å². The summed E-state index contributed by atoms with van der Waals surface area (Å²) < 4.78 is 61.8. The van der Waals surface area contributed by atoms with Crippen molar-refractivity contribution in [2.45, 2.75) is 39.1 Å². The van der Waals surface area contributed by atoms with Crippen LogP contribution in [-0.4, -0.2) is 30.4 Å². The zero-order valence-corrected chi connectivity index (χ0v) is 20.7. The van der Waals surface area contributed by atoms with Crippen molar-refractivity contribution < 1.29 is 27.4 Å². The zero-order chi connectivity index (χ0) is 25.9. The van der Waals surface area contributed by atoms with Crippen LogP contribution in [0.25, 0.3) is 22.4 Å². The number of benzene rings is 3. The van der Waals surface area contributed by atoms with E-state index in [-0.39, 0.29) is 23.2 Å². The number of ether oxygens (including phenoxy) is 3. The molecule has 3 aromatic carbocycles. The van der Waals surface area contributed by atoms with Crippen molar-refractivity contribution in [3.8, 4) is 22.9 Å². The Hall–Kier alpha value is -3.52. The van der Waals surface area contributed by atoms with Gasteiger partial charge in [0.15, 0.2) is 0 Å². The van der Waals surface area contributed by atoms with Crippen molar-refractivity contribution in [2.24, 2.45) is 0 Å². The minimum Gasteiger partial charge on any atom is -0.494 e. The van der Waals surface area contributed by atoms with Gasteiger partial charge in [0.2, 0.25) is 0 Å². The molecule has 0 bridgehead atoms. The molecule has 0 N–H and O–H groups in total. The average molecular weight is 499 g/mol. The van der Waals surface area contributed by atoms with Gasteiger partial charge in [-0.05, 0) is 29.7 Å². The Balaban J connectivity index is 1.93.